The topological polar surface area (TPSA) is 95.8 Å². The number of phenols is 1. The van der Waals surface area contributed by atoms with E-state index in [0.29, 0.717) is 28.2 Å². The second kappa shape index (κ2) is 8.65. The molecule has 1 aromatic carbocycles. The number of rotatable bonds is 7. The maximum atomic E-state index is 11.4. The largest absolute Gasteiger partial charge is 0.504 e. The molecule has 0 radical (unpaired) electrons. The van der Waals surface area contributed by atoms with Crippen molar-refractivity contribution in [2.24, 2.45) is 5.10 Å². The first-order chi connectivity index (χ1) is 13.1. The minimum Gasteiger partial charge on any atom is -0.504 e. The van der Waals surface area contributed by atoms with Crippen molar-refractivity contribution in [1.29, 1.82) is 0 Å². The van der Waals surface area contributed by atoms with E-state index in [1.807, 2.05) is 24.4 Å². The molecule has 140 valence electrons. The Bertz CT molecular complexity index is 952. The molecule has 1 amide bonds. The number of nitrogens with zero attached hydrogens (tertiary/aromatic N) is 2. The minimum atomic E-state index is -0.154. The lowest BCUT2D eigenvalue weighted by Gasteiger charge is -2.05. The molecular weight excluding hydrogens is 384 g/mol. The molecule has 9 heteroatoms. The van der Waals surface area contributed by atoms with Gasteiger partial charge in [-0.25, -0.2) is 4.98 Å². The smallest absolute Gasteiger partial charge is 0.221 e. The van der Waals surface area contributed by atoms with Gasteiger partial charge in [0.1, 0.15) is 10.7 Å². The number of hydrogen-bond acceptors (Lipinski definition) is 8. The Morgan fingerprint density at radius 3 is 2.96 bits per heavy atom. The van der Waals surface area contributed by atoms with Crippen LogP contribution in [0.3, 0.4) is 0 Å². The Morgan fingerprint density at radius 2 is 2.26 bits per heavy atom. The van der Waals surface area contributed by atoms with Crippen LogP contribution in [0.25, 0.3) is 10.6 Å². The molecule has 0 atom stereocenters. The summed E-state index contributed by atoms with van der Waals surface area (Å²) in [5, 5.41) is 19.9. The second-order valence-electron chi connectivity index (χ2n) is 5.39. The predicted octanol–water partition coefficient (Wildman–Crippen LogP) is 4.38. The number of hydrazone groups is 1. The van der Waals surface area contributed by atoms with Crippen molar-refractivity contribution < 1.29 is 14.6 Å². The molecule has 3 rings (SSSR count). The van der Waals surface area contributed by atoms with E-state index < -0.39 is 0 Å². The summed E-state index contributed by atoms with van der Waals surface area (Å²) in [6.45, 7) is 3.77. The number of carbonyl (C=O) groups is 1. The van der Waals surface area contributed by atoms with Gasteiger partial charge in [0.25, 0.3) is 0 Å². The van der Waals surface area contributed by atoms with Gasteiger partial charge in [-0.2, -0.15) is 5.10 Å². The van der Waals surface area contributed by atoms with Gasteiger partial charge >= 0.3 is 0 Å². The van der Waals surface area contributed by atoms with Crippen LogP contribution in [0.2, 0.25) is 0 Å². The molecule has 0 spiro atoms. The highest BCUT2D eigenvalue weighted by Crippen LogP contribution is 2.38. The van der Waals surface area contributed by atoms with Gasteiger partial charge in [0, 0.05) is 6.92 Å². The number of anilines is 2. The van der Waals surface area contributed by atoms with Crippen molar-refractivity contribution in [3.05, 3.63) is 41.3 Å². The van der Waals surface area contributed by atoms with Crippen LogP contribution in [-0.2, 0) is 4.79 Å². The third kappa shape index (κ3) is 4.83. The lowest BCUT2D eigenvalue weighted by Crippen LogP contribution is -2.04. The summed E-state index contributed by atoms with van der Waals surface area (Å²) in [6.07, 6.45) is 1.60. The molecule has 0 unspecified atom stereocenters. The van der Waals surface area contributed by atoms with Crippen LogP contribution in [0.1, 0.15) is 19.4 Å². The standard InChI is InChI=1S/C18H18N4O3S2/c1-3-25-14-9-12(6-7-13(14)24)10-19-22-18-21-16(15-5-4-8-26-15)17(27-18)20-11(2)23/h4-10,24H,3H2,1-2H3,(H,20,23)(H,21,22). The number of carbonyl (C=O) groups excluding carboxylic acids is 1. The van der Waals surface area contributed by atoms with E-state index in [9.17, 15) is 9.90 Å². The number of aromatic nitrogens is 1. The quantitative estimate of drug-likeness (QED) is 0.403. The highest BCUT2D eigenvalue weighted by atomic mass is 32.1. The summed E-state index contributed by atoms with van der Waals surface area (Å²) in [5.74, 6) is 0.338. The number of benzene rings is 1. The Morgan fingerprint density at radius 1 is 1.41 bits per heavy atom. The molecule has 0 aliphatic rings. The maximum Gasteiger partial charge on any atom is 0.221 e. The van der Waals surface area contributed by atoms with Crippen molar-refractivity contribution in [2.75, 3.05) is 17.3 Å². The average molecular weight is 403 g/mol. The van der Waals surface area contributed by atoms with Crippen molar-refractivity contribution in [1.82, 2.24) is 4.98 Å². The van der Waals surface area contributed by atoms with Crippen molar-refractivity contribution >= 4 is 44.9 Å². The summed E-state index contributed by atoms with van der Waals surface area (Å²) in [4.78, 5) is 16.9. The number of nitrogens with one attached hydrogen (secondary N) is 2. The fraction of sp³-hybridized carbons (Fsp3) is 0.167. The van der Waals surface area contributed by atoms with E-state index in [2.05, 4.69) is 20.8 Å². The minimum absolute atomic E-state index is 0.0856. The fourth-order valence-electron chi connectivity index (χ4n) is 2.24. The van der Waals surface area contributed by atoms with Crippen LogP contribution in [0.5, 0.6) is 11.5 Å². The van der Waals surface area contributed by atoms with E-state index in [4.69, 9.17) is 4.74 Å². The zero-order valence-corrected chi connectivity index (χ0v) is 16.4. The van der Waals surface area contributed by atoms with E-state index in [-0.39, 0.29) is 11.7 Å². The number of amides is 1. The molecule has 2 aromatic heterocycles. The number of hydrogen-bond donors (Lipinski definition) is 3. The molecular formula is C18H18N4O3S2. The van der Waals surface area contributed by atoms with Gasteiger partial charge in [0.15, 0.2) is 11.5 Å². The third-order valence-corrected chi connectivity index (χ3v) is 5.08. The molecule has 0 saturated heterocycles. The normalized spacial score (nSPS) is 10.9. The molecule has 7 nitrogen and oxygen atoms in total. The van der Waals surface area contributed by atoms with Crippen molar-refractivity contribution in [3.63, 3.8) is 0 Å². The molecule has 0 aliphatic carbocycles. The van der Waals surface area contributed by atoms with Crippen LogP contribution in [0.4, 0.5) is 10.1 Å². The van der Waals surface area contributed by atoms with Crippen LogP contribution in [0.15, 0.2) is 40.8 Å². The molecule has 0 saturated carbocycles. The van der Waals surface area contributed by atoms with Crippen LogP contribution in [-0.4, -0.2) is 28.8 Å². The van der Waals surface area contributed by atoms with Gasteiger partial charge < -0.3 is 15.2 Å². The van der Waals surface area contributed by atoms with Crippen LogP contribution < -0.4 is 15.5 Å². The first-order valence-corrected chi connectivity index (χ1v) is 9.83. The Hall–Kier alpha value is -2.91. The number of ether oxygens (including phenoxy) is 1. The lowest BCUT2D eigenvalue weighted by molar-refractivity contribution is -0.114. The molecule has 2 heterocycles. The zero-order chi connectivity index (χ0) is 19.2. The monoisotopic (exact) mass is 402 g/mol. The first-order valence-electron chi connectivity index (χ1n) is 8.14. The summed E-state index contributed by atoms with van der Waals surface area (Å²) in [5.41, 5.74) is 4.36. The third-order valence-electron chi connectivity index (χ3n) is 3.33. The maximum absolute atomic E-state index is 11.4. The average Bonchev–Trinajstić information content (AvgIpc) is 3.27. The Kier molecular flexibility index (Phi) is 6.05. The lowest BCUT2D eigenvalue weighted by atomic mass is 10.2. The highest BCUT2D eigenvalue weighted by Gasteiger charge is 2.15. The van der Waals surface area contributed by atoms with E-state index in [0.717, 1.165) is 10.4 Å². The number of thiazole rings is 1. The van der Waals surface area contributed by atoms with Crippen LogP contribution in [0, 0.1) is 0 Å². The summed E-state index contributed by atoms with van der Waals surface area (Å²) in [6, 6.07) is 8.86. The van der Waals surface area contributed by atoms with E-state index in [1.54, 1.807) is 35.8 Å². The SMILES string of the molecule is CCOc1cc(C=NNc2nc(-c3cccs3)c(NC(C)=O)s2)ccc1O. The molecule has 3 N–H and O–H groups in total. The second-order valence-corrected chi connectivity index (χ2v) is 7.33. The molecule has 27 heavy (non-hydrogen) atoms. The fourth-order valence-corrected chi connectivity index (χ4v) is 3.90. The Labute approximate surface area is 164 Å². The predicted molar refractivity (Wildman–Crippen MR) is 110 cm³/mol. The van der Waals surface area contributed by atoms with Gasteiger partial charge in [-0.3, -0.25) is 10.2 Å². The van der Waals surface area contributed by atoms with Gasteiger partial charge in [0.05, 0.1) is 17.7 Å². The van der Waals surface area contributed by atoms with Gasteiger partial charge in [-0.1, -0.05) is 17.4 Å². The van der Waals surface area contributed by atoms with Gasteiger partial charge in [-0.15, -0.1) is 11.3 Å². The molecule has 0 fully saturated rings. The van der Waals surface area contributed by atoms with Gasteiger partial charge in [-0.05, 0) is 42.1 Å². The molecule has 3 aromatic rings. The highest BCUT2D eigenvalue weighted by molar-refractivity contribution is 7.21. The van der Waals surface area contributed by atoms with Crippen LogP contribution >= 0.6 is 22.7 Å². The van der Waals surface area contributed by atoms with Crippen molar-refractivity contribution in [3.8, 4) is 22.1 Å². The summed E-state index contributed by atoms with van der Waals surface area (Å²) < 4.78 is 5.36. The van der Waals surface area contributed by atoms with E-state index in [1.165, 1.54) is 18.3 Å². The van der Waals surface area contributed by atoms with Crippen molar-refractivity contribution in [2.45, 2.75) is 13.8 Å². The van der Waals surface area contributed by atoms with Gasteiger partial charge in [0.2, 0.25) is 11.0 Å². The molecule has 0 bridgehead atoms. The zero-order valence-electron chi connectivity index (χ0n) is 14.7. The first kappa shape index (κ1) is 18.9. The number of phenolic OH excluding ortho intramolecular Hbond substituents is 1. The molecule has 0 aliphatic heterocycles. The Balaban J connectivity index is 1.77. The van der Waals surface area contributed by atoms with E-state index >= 15 is 0 Å². The number of aromatic hydroxyl groups is 1. The summed E-state index contributed by atoms with van der Waals surface area (Å²) in [7, 11) is 0. The number of thiophene rings is 1. The summed E-state index contributed by atoms with van der Waals surface area (Å²) >= 11 is 2.86.